The monoisotopic (exact) mass is 329 g/mol. The molecule has 1 aliphatic carbocycles. The zero-order valence-corrected chi connectivity index (χ0v) is 14.0. The summed E-state index contributed by atoms with van der Waals surface area (Å²) in [5.74, 6) is 0.0309. The van der Waals surface area contributed by atoms with Crippen molar-refractivity contribution in [2.45, 2.75) is 57.7 Å². The van der Waals surface area contributed by atoms with Gasteiger partial charge in [0.05, 0.1) is 0 Å². The van der Waals surface area contributed by atoms with Crippen LogP contribution in [-0.4, -0.2) is 45.3 Å². The highest BCUT2D eigenvalue weighted by Crippen LogP contribution is 2.34. The summed E-state index contributed by atoms with van der Waals surface area (Å²) in [6, 6.07) is 1.78. The molecule has 24 heavy (non-hydrogen) atoms. The smallest absolute Gasteiger partial charge is 0.251 e. The predicted octanol–water partition coefficient (Wildman–Crippen LogP) is 1.08. The van der Waals surface area contributed by atoms with Crippen LogP contribution in [0.25, 0.3) is 0 Å². The summed E-state index contributed by atoms with van der Waals surface area (Å²) >= 11 is 0. The normalized spacial score (nSPS) is 23.3. The Balaban J connectivity index is 1.55. The van der Waals surface area contributed by atoms with Crippen LogP contribution in [0.5, 0.6) is 0 Å². The van der Waals surface area contributed by atoms with E-state index in [4.69, 9.17) is 0 Å². The lowest BCUT2D eigenvalue weighted by Gasteiger charge is -2.33. The number of fused-ring (bicyclic) bond motifs is 1. The number of carbonyl (C=O) groups excluding carboxylic acids is 2. The van der Waals surface area contributed by atoms with E-state index in [9.17, 15) is 14.4 Å². The van der Waals surface area contributed by atoms with Crippen molar-refractivity contribution in [2.75, 3.05) is 13.1 Å². The van der Waals surface area contributed by atoms with E-state index in [1.54, 1.807) is 11.0 Å². The number of pyridine rings is 1. The summed E-state index contributed by atoms with van der Waals surface area (Å²) in [5, 5.41) is 0. The van der Waals surface area contributed by atoms with Crippen LogP contribution in [0.2, 0.25) is 0 Å². The lowest BCUT2D eigenvalue weighted by Crippen LogP contribution is -2.48. The molecule has 128 valence electrons. The lowest BCUT2D eigenvalue weighted by molar-refractivity contribution is -0.143. The van der Waals surface area contributed by atoms with Crippen LogP contribution in [-0.2, 0) is 22.6 Å². The molecular weight excluding hydrogens is 306 g/mol. The number of aromatic nitrogens is 1. The van der Waals surface area contributed by atoms with Crippen molar-refractivity contribution in [3.05, 3.63) is 33.7 Å². The first-order valence-corrected chi connectivity index (χ1v) is 8.84. The van der Waals surface area contributed by atoms with Gasteiger partial charge in [-0.25, -0.2) is 0 Å². The molecule has 6 heteroatoms. The zero-order valence-electron chi connectivity index (χ0n) is 14.0. The van der Waals surface area contributed by atoms with E-state index in [2.05, 4.69) is 0 Å². The summed E-state index contributed by atoms with van der Waals surface area (Å²) in [5.41, 5.74) is 2.22. The van der Waals surface area contributed by atoms with Crippen LogP contribution >= 0.6 is 0 Å². The molecule has 3 aliphatic rings. The van der Waals surface area contributed by atoms with Gasteiger partial charge in [0.25, 0.3) is 5.56 Å². The van der Waals surface area contributed by atoms with Gasteiger partial charge in [0.1, 0.15) is 6.04 Å². The van der Waals surface area contributed by atoms with Crippen molar-refractivity contribution >= 4 is 11.8 Å². The molecular formula is C18H23N3O3. The van der Waals surface area contributed by atoms with Crippen molar-refractivity contribution in [2.24, 2.45) is 0 Å². The van der Waals surface area contributed by atoms with E-state index in [1.807, 2.05) is 15.7 Å². The molecule has 1 atom stereocenters. The van der Waals surface area contributed by atoms with Crippen LogP contribution in [0.1, 0.15) is 49.8 Å². The fourth-order valence-electron chi connectivity index (χ4n) is 3.98. The van der Waals surface area contributed by atoms with Gasteiger partial charge in [0, 0.05) is 44.9 Å². The van der Waals surface area contributed by atoms with Crippen LogP contribution < -0.4 is 5.56 Å². The molecule has 1 aromatic heterocycles. The Labute approximate surface area is 141 Å². The maximum atomic E-state index is 12.9. The minimum Gasteiger partial charge on any atom is -0.336 e. The third-order valence-electron chi connectivity index (χ3n) is 5.47. The third kappa shape index (κ3) is 2.64. The average molecular weight is 329 g/mol. The van der Waals surface area contributed by atoms with Gasteiger partial charge in [-0.2, -0.15) is 0 Å². The second kappa shape index (κ2) is 5.76. The molecule has 3 heterocycles. The quantitative estimate of drug-likeness (QED) is 0.816. The van der Waals surface area contributed by atoms with Gasteiger partial charge in [0.2, 0.25) is 11.8 Å². The number of carbonyl (C=O) groups is 2. The summed E-state index contributed by atoms with van der Waals surface area (Å²) in [4.78, 5) is 40.3. The number of hydrogen-bond donors (Lipinski definition) is 0. The first-order valence-electron chi connectivity index (χ1n) is 8.84. The number of likely N-dealkylation sites (tertiary alicyclic amines) is 1. The molecule has 1 saturated carbocycles. The Bertz CT molecular complexity index is 750. The van der Waals surface area contributed by atoms with Gasteiger partial charge in [-0.15, -0.1) is 0 Å². The van der Waals surface area contributed by atoms with Crippen molar-refractivity contribution in [1.82, 2.24) is 14.4 Å². The van der Waals surface area contributed by atoms with Crippen LogP contribution in [0, 0.1) is 0 Å². The lowest BCUT2D eigenvalue weighted by atomic mass is 10.0. The largest absolute Gasteiger partial charge is 0.336 e. The van der Waals surface area contributed by atoms with E-state index in [1.165, 1.54) is 6.92 Å². The highest BCUT2D eigenvalue weighted by molar-refractivity contribution is 5.87. The number of amides is 2. The van der Waals surface area contributed by atoms with E-state index in [0.717, 1.165) is 36.8 Å². The van der Waals surface area contributed by atoms with Gasteiger partial charge < -0.3 is 14.4 Å². The molecule has 0 spiro atoms. The Kier molecular flexibility index (Phi) is 3.70. The Morgan fingerprint density at radius 3 is 2.62 bits per heavy atom. The fourth-order valence-corrected chi connectivity index (χ4v) is 3.98. The van der Waals surface area contributed by atoms with Crippen LogP contribution in [0.3, 0.4) is 0 Å². The molecule has 2 aliphatic heterocycles. The second-order valence-electron chi connectivity index (χ2n) is 7.18. The summed E-state index contributed by atoms with van der Waals surface area (Å²) in [6.07, 6.45) is 6.44. The minimum atomic E-state index is -0.307. The highest BCUT2D eigenvalue weighted by atomic mass is 16.2. The van der Waals surface area contributed by atoms with E-state index in [-0.39, 0.29) is 23.4 Å². The SMILES string of the molecule is CC(=O)N1CCC[C@H]1C(=O)N1CCc2cc(=O)n(C3CC3)cc2C1. The van der Waals surface area contributed by atoms with E-state index >= 15 is 0 Å². The van der Waals surface area contributed by atoms with Crippen molar-refractivity contribution in [3.63, 3.8) is 0 Å². The second-order valence-corrected chi connectivity index (χ2v) is 7.18. The molecule has 0 unspecified atom stereocenters. The van der Waals surface area contributed by atoms with Gasteiger partial charge in [0.15, 0.2) is 0 Å². The molecule has 2 fully saturated rings. The summed E-state index contributed by atoms with van der Waals surface area (Å²) in [6.45, 7) is 3.38. The number of hydrogen-bond acceptors (Lipinski definition) is 3. The zero-order chi connectivity index (χ0) is 16.8. The first kappa shape index (κ1) is 15.4. The minimum absolute atomic E-state index is 0.0224. The van der Waals surface area contributed by atoms with Crippen LogP contribution in [0.4, 0.5) is 0 Å². The standard InChI is InChI=1S/C18H23N3O3/c1-12(22)20-7-2-3-16(20)18(24)19-8-6-13-9-17(23)21(15-4-5-15)11-14(13)10-19/h9,11,15-16H,2-8,10H2,1H3/t16-/m0/s1. The molecule has 0 radical (unpaired) electrons. The molecule has 6 nitrogen and oxygen atoms in total. The van der Waals surface area contributed by atoms with Gasteiger partial charge in [-0.1, -0.05) is 0 Å². The Hall–Kier alpha value is -2.11. The maximum absolute atomic E-state index is 12.9. The topological polar surface area (TPSA) is 62.6 Å². The molecule has 0 bridgehead atoms. The van der Waals surface area contributed by atoms with Crippen molar-refractivity contribution < 1.29 is 9.59 Å². The van der Waals surface area contributed by atoms with Gasteiger partial charge >= 0.3 is 0 Å². The number of rotatable bonds is 2. The molecule has 0 aromatic carbocycles. The fraction of sp³-hybridized carbons (Fsp3) is 0.611. The third-order valence-corrected chi connectivity index (χ3v) is 5.47. The first-order chi connectivity index (χ1) is 11.5. The predicted molar refractivity (Wildman–Crippen MR) is 88.5 cm³/mol. The van der Waals surface area contributed by atoms with Gasteiger partial charge in [-0.3, -0.25) is 14.4 Å². The highest BCUT2D eigenvalue weighted by Gasteiger charge is 2.36. The summed E-state index contributed by atoms with van der Waals surface area (Å²) in [7, 11) is 0. The van der Waals surface area contributed by atoms with Crippen molar-refractivity contribution in [3.8, 4) is 0 Å². The Morgan fingerprint density at radius 1 is 1.12 bits per heavy atom. The Morgan fingerprint density at radius 2 is 1.92 bits per heavy atom. The van der Waals surface area contributed by atoms with E-state index < -0.39 is 0 Å². The summed E-state index contributed by atoms with van der Waals surface area (Å²) < 4.78 is 1.82. The molecule has 4 rings (SSSR count). The molecule has 1 aromatic rings. The maximum Gasteiger partial charge on any atom is 0.251 e. The van der Waals surface area contributed by atoms with Gasteiger partial charge in [-0.05, 0) is 43.2 Å². The molecule has 2 amide bonds. The molecule has 0 N–H and O–H groups in total. The number of nitrogens with zero attached hydrogens (tertiary/aromatic N) is 3. The van der Waals surface area contributed by atoms with Crippen molar-refractivity contribution in [1.29, 1.82) is 0 Å². The molecule has 1 saturated heterocycles. The van der Waals surface area contributed by atoms with E-state index in [0.29, 0.717) is 32.1 Å². The van der Waals surface area contributed by atoms with Crippen LogP contribution in [0.15, 0.2) is 17.1 Å². The average Bonchev–Trinajstić information content (AvgIpc) is 3.28.